The molecule has 0 fully saturated rings. The molecule has 1 aromatic carbocycles. The zero-order chi connectivity index (χ0) is 10.6. The summed E-state index contributed by atoms with van der Waals surface area (Å²) in [5, 5.41) is 0.485. The number of hydrogen-bond acceptors (Lipinski definition) is 3. The second-order valence-corrected chi connectivity index (χ2v) is 2.95. The van der Waals surface area contributed by atoms with Crippen LogP contribution in [0.25, 0.3) is 0 Å². The quantitative estimate of drug-likeness (QED) is 0.400. The number of anilines is 1. The summed E-state index contributed by atoms with van der Waals surface area (Å²) in [5.74, 6) is 4.27. The third-order valence-corrected chi connectivity index (χ3v) is 1.63. The lowest BCUT2D eigenvalue weighted by atomic mass is 10.2. The van der Waals surface area contributed by atoms with Crippen molar-refractivity contribution in [2.75, 3.05) is 12.8 Å². The van der Waals surface area contributed by atoms with Crippen LogP contribution < -0.4 is 5.73 Å². The Kier molecular flexibility index (Phi) is 3.38. The van der Waals surface area contributed by atoms with Crippen molar-refractivity contribution in [2.24, 2.45) is 0 Å². The van der Waals surface area contributed by atoms with Crippen molar-refractivity contribution < 1.29 is 9.53 Å². The average Bonchev–Trinajstić information content (AvgIpc) is 2.12. The molecule has 0 aliphatic rings. The van der Waals surface area contributed by atoms with Crippen LogP contribution in [0.15, 0.2) is 18.2 Å². The van der Waals surface area contributed by atoms with E-state index in [-0.39, 0.29) is 0 Å². The lowest BCUT2D eigenvalue weighted by Gasteiger charge is -1.95. The molecule has 14 heavy (non-hydrogen) atoms. The molecule has 2 N–H and O–H groups in total. The molecule has 3 nitrogen and oxygen atoms in total. The molecule has 0 aromatic heterocycles. The molecule has 4 heteroatoms. The molecular formula is C10H8ClNO2. The van der Waals surface area contributed by atoms with E-state index in [9.17, 15) is 4.79 Å². The maximum atomic E-state index is 10.7. The van der Waals surface area contributed by atoms with Gasteiger partial charge in [0.15, 0.2) is 0 Å². The first-order valence-corrected chi connectivity index (χ1v) is 4.15. The molecule has 0 atom stereocenters. The molecule has 0 saturated carbocycles. The molecule has 0 heterocycles. The van der Waals surface area contributed by atoms with Gasteiger partial charge in [0, 0.05) is 22.2 Å². The van der Waals surface area contributed by atoms with Crippen molar-refractivity contribution >= 4 is 23.3 Å². The van der Waals surface area contributed by atoms with Crippen molar-refractivity contribution in [3.8, 4) is 11.8 Å². The molecule has 0 amide bonds. The van der Waals surface area contributed by atoms with Crippen LogP contribution in [0.3, 0.4) is 0 Å². The van der Waals surface area contributed by atoms with E-state index in [1.165, 1.54) is 7.11 Å². The predicted molar refractivity (Wildman–Crippen MR) is 54.8 cm³/mol. The summed E-state index contributed by atoms with van der Waals surface area (Å²) in [7, 11) is 1.27. The number of esters is 1. The molecule has 0 bridgehead atoms. The SMILES string of the molecule is COC(=O)C#Cc1cc(N)cc(Cl)c1. The minimum absolute atomic E-state index is 0.485. The van der Waals surface area contributed by atoms with Crippen molar-refractivity contribution in [1.82, 2.24) is 0 Å². The van der Waals surface area contributed by atoms with Gasteiger partial charge in [-0.1, -0.05) is 17.5 Å². The highest BCUT2D eigenvalue weighted by Gasteiger charge is 1.95. The first-order chi connectivity index (χ1) is 6.61. The van der Waals surface area contributed by atoms with Gasteiger partial charge in [0.1, 0.15) is 0 Å². The number of nitrogen functional groups attached to an aromatic ring is 1. The fourth-order valence-electron chi connectivity index (χ4n) is 0.859. The highest BCUT2D eigenvalue weighted by Crippen LogP contribution is 2.15. The van der Waals surface area contributed by atoms with Crippen molar-refractivity contribution in [3.05, 3.63) is 28.8 Å². The molecule has 0 spiro atoms. The van der Waals surface area contributed by atoms with Gasteiger partial charge < -0.3 is 10.5 Å². The summed E-state index contributed by atoms with van der Waals surface area (Å²) in [6, 6.07) is 4.85. The average molecular weight is 210 g/mol. The van der Waals surface area contributed by atoms with Crippen LogP contribution in [0.2, 0.25) is 5.02 Å². The largest absolute Gasteiger partial charge is 0.459 e. The maximum Gasteiger partial charge on any atom is 0.384 e. The Bertz CT molecular complexity index is 398. The summed E-state index contributed by atoms with van der Waals surface area (Å²) < 4.78 is 4.36. The molecule has 72 valence electrons. The standard InChI is InChI=1S/C10H8ClNO2/c1-14-10(13)3-2-7-4-8(11)6-9(12)5-7/h4-6H,12H2,1H3. The summed E-state index contributed by atoms with van der Waals surface area (Å²) in [5.41, 5.74) is 6.62. The van der Waals surface area contributed by atoms with Gasteiger partial charge in [0.25, 0.3) is 0 Å². The third kappa shape index (κ3) is 3.00. The van der Waals surface area contributed by atoms with E-state index in [1.807, 2.05) is 0 Å². The number of nitrogens with two attached hydrogens (primary N) is 1. The Morgan fingerprint density at radius 1 is 1.50 bits per heavy atom. The number of halogens is 1. The Balaban J connectivity index is 2.95. The van der Waals surface area contributed by atoms with E-state index >= 15 is 0 Å². The van der Waals surface area contributed by atoms with E-state index in [1.54, 1.807) is 18.2 Å². The van der Waals surface area contributed by atoms with Gasteiger partial charge in [-0.25, -0.2) is 4.79 Å². The molecular weight excluding hydrogens is 202 g/mol. The Morgan fingerprint density at radius 3 is 2.79 bits per heavy atom. The Labute approximate surface area is 86.8 Å². The van der Waals surface area contributed by atoms with Crippen LogP contribution in [-0.4, -0.2) is 13.1 Å². The van der Waals surface area contributed by atoms with E-state index < -0.39 is 5.97 Å². The first kappa shape index (κ1) is 10.4. The van der Waals surface area contributed by atoms with Gasteiger partial charge in [-0.05, 0) is 18.2 Å². The smallest absolute Gasteiger partial charge is 0.384 e. The van der Waals surface area contributed by atoms with Crippen LogP contribution >= 0.6 is 11.6 Å². The number of ether oxygens (including phenoxy) is 1. The highest BCUT2D eigenvalue weighted by atomic mass is 35.5. The Hall–Kier alpha value is -1.66. The maximum absolute atomic E-state index is 10.7. The zero-order valence-corrected chi connectivity index (χ0v) is 8.26. The minimum Gasteiger partial charge on any atom is -0.459 e. The molecule has 1 aromatic rings. The Morgan fingerprint density at radius 2 is 2.21 bits per heavy atom. The van der Waals surface area contributed by atoms with Crippen LogP contribution in [0.5, 0.6) is 0 Å². The van der Waals surface area contributed by atoms with Gasteiger partial charge >= 0.3 is 5.97 Å². The number of carbonyl (C=O) groups excluding carboxylic acids is 1. The van der Waals surface area contributed by atoms with E-state index in [0.29, 0.717) is 16.3 Å². The lowest BCUT2D eigenvalue weighted by molar-refractivity contribution is -0.133. The molecule has 0 saturated heterocycles. The normalized spacial score (nSPS) is 8.71. The summed E-state index contributed by atoms with van der Waals surface area (Å²) >= 11 is 5.74. The van der Waals surface area contributed by atoms with Gasteiger partial charge in [-0.2, -0.15) is 0 Å². The fourth-order valence-corrected chi connectivity index (χ4v) is 1.10. The molecule has 0 aliphatic heterocycles. The minimum atomic E-state index is -0.594. The first-order valence-electron chi connectivity index (χ1n) is 3.78. The van der Waals surface area contributed by atoms with E-state index in [2.05, 4.69) is 16.6 Å². The van der Waals surface area contributed by atoms with Crippen molar-refractivity contribution in [3.63, 3.8) is 0 Å². The van der Waals surface area contributed by atoms with Gasteiger partial charge in [-0.15, -0.1) is 0 Å². The fraction of sp³-hybridized carbons (Fsp3) is 0.100. The number of benzene rings is 1. The van der Waals surface area contributed by atoms with Crippen LogP contribution in [0.1, 0.15) is 5.56 Å². The van der Waals surface area contributed by atoms with Gasteiger partial charge in [0.2, 0.25) is 0 Å². The summed E-state index contributed by atoms with van der Waals surface area (Å²) in [6.45, 7) is 0. The van der Waals surface area contributed by atoms with Gasteiger partial charge in [-0.3, -0.25) is 0 Å². The van der Waals surface area contributed by atoms with E-state index in [4.69, 9.17) is 17.3 Å². The molecule has 1 rings (SSSR count). The van der Waals surface area contributed by atoms with Gasteiger partial charge in [0.05, 0.1) is 7.11 Å². The molecule has 0 unspecified atom stereocenters. The number of methoxy groups -OCH3 is 1. The number of hydrogen-bond donors (Lipinski definition) is 1. The summed E-state index contributed by atoms with van der Waals surface area (Å²) in [4.78, 5) is 10.7. The summed E-state index contributed by atoms with van der Waals surface area (Å²) in [6.07, 6.45) is 0. The zero-order valence-electron chi connectivity index (χ0n) is 7.50. The van der Waals surface area contributed by atoms with Crippen molar-refractivity contribution in [2.45, 2.75) is 0 Å². The van der Waals surface area contributed by atoms with E-state index in [0.717, 1.165) is 0 Å². The predicted octanol–water partition coefficient (Wildman–Crippen LogP) is 1.45. The number of rotatable bonds is 0. The second-order valence-electron chi connectivity index (χ2n) is 2.51. The van der Waals surface area contributed by atoms with Crippen molar-refractivity contribution in [1.29, 1.82) is 0 Å². The molecule has 0 radical (unpaired) electrons. The number of carbonyl (C=O) groups is 1. The monoisotopic (exact) mass is 209 g/mol. The van der Waals surface area contributed by atoms with Crippen LogP contribution in [-0.2, 0) is 9.53 Å². The van der Waals surface area contributed by atoms with Crippen LogP contribution in [0, 0.1) is 11.8 Å². The highest BCUT2D eigenvalue weighted by molar-refractivity contribution is 6.31. The lowest BCUT2D eigenvalue weighted by Crippen LogP contribution is -1.94. The topological polar surface area (TPSA) is 52.3 Å². The third-order valence-electron chi connectivity index (χ3n) is 1.41. The second kappa shape index (κ2) is 4.54. The van der Waals surface area contributed by atoms with Crippen LogP contribution in [0.4, 0.5) is 5.69 Å². The molecule has 0 aliphatic carbocycles.